The number of carboxylic acids is 1. The minimum absolute atomic E-state index is 0.0353. The van der Waals surface area contributed by atoms with Crippen molar-refractivity contribution in [3.05, 3.63) is 23.3 Å². The molecular formula is C31H42O6. The van der Waals surface area contributed by atoms with Crippen LogP contribution < -0.4 is 0 Å². The molecule has 0 amide bonds. The number of hydrogen-bond donors (Lipinski definition) is 1. The Hall–Kier alpha value is -2.24. The second-order valence-corrected chi connectivity index (χ2v) is 14.3. The van der Waals surface area contributed by atoms with E-state index >= 15 is 0 Å². The zero-order valence-electron chi connectivity index (χ0n) is 23.4. The summed E-state index contributed by atoms with van der Waals surface area (Å²) in [4.78, 5) is 52.6. The highest BCUT2D eigenvalue weighted by Crippen LogP contribution is 2.73. The van der Waals surface area contributed by atoms with Crippen LogP contribution in [-0.2, 0) is 23.9 Å². The van der Waals surface area contributed by atoms with Gasteiger partial charge in [0.05, 0.1) is 18.1 Å². The third-order valence-electron chi connectivity index (χ3n) is 12.2. The molecule has 0 aromatic heterocycles. The van der Waals surface area contributed by atoms with Crippen molar-refractivity contribution >= 4 is 23.5 Å². The Kier molecular flexibility index (Phi) is 5.62. The number of carboxylic acid groups (broad SMARTS) is 1. The van der Waals surface area contributed by atoms with E-state index in [-0.39, 0.29) is 57.1 Å². The van der Waals surface area contributed by atoms with Gasteiger partial charge in [0.1, 0.15) is 0 Å². The number of aliphatic carboxylic acids is 1. The Morgan fingerprint density at radius 1 is 0.973 bits per heavy atom. The van der Waals surface area contributed by atoms with Crippen LogP contribution in [0.2, 0.25) is 0 Å². The number of methoxy groups -OCH3 is 1. The molecule has 202 valence electrons. The van der Waals surface area contributed by atoms with E-state index in [4.69, 9.17) is 4.74 Å². The maximum atomic E-state index is 14.3. The second kappa shape index (κ2) is 7.89. The number of hydrogen-bond acceptors (Lipinski definition) is 5. The summed E-state index contributed by atoms with van der Waals surface area (Å²) in [6.07, 6.45) is 9.05. The molecule has 0 aromatic carbocycles. The topological polar surface area (TPSA) is 97.7 Å². The first-order chi connectivity index (χ1) is 17.1. The summed E-state index contributed by atoms with van der Waals surface area (Å²) in [6.45, 7) is 12.9. The largest absolute Gasteiger partial charge is 0.478 e. The Morgan fingerprint density at radius 3 is 2.24 bits per heavy atom. The summed E-state index contributed by atoms with van der Waals surface area (Å²) in [5.74, 6) is -2.46. The molecular weight excluding hydrogens is 468 g/mol. The first kappa shape index (κ1) is 26.4. The van der Waals surface area contributed by atoms with Crippen LogP contribution >= 0.6 is 0 Å². The van der Waals surface area contributed by atoms with Crippen molar-refractivity contribution in [2.45, 2.75) is 86.5 Å². The molecule has 6 nitrogen and oxygen atoms in total. The summed E-state index contributed by atoms with van der Waals surface area (Å²) >= 11 is 0. The smallest absolute Gasteiger partial charge is 0.339 e. The molecule has 0 bridgehead atoms. The van der Waals surface area contributed by atoms with Crippen LogP contribution in [0.1, 0.15) is 86.5 Å². The van der Waals surface area contributed by atoms with Crippen molar-refractivity contribution in [2.75, 3.05) is 7.11 Å². The predicted molar refractivity (Wildman–Crippen MR) is 138 cm³/mol. The Balaban J connectivity index is 1.69. The summed E-state index contributed by atoms with van der Waals surface area (Å²) in [5.41, 5.74) is -1.17. The molecule has 0 spiro atoms. The van der Waals surface area contributed by atoms with Crippen LogP contribution in [0.4, 0.5) is 0 Å². The molecule has 37 heavy (non-hydrogen) atoms. The molecule has 1 N–H and O–H groups in total. The zero-order chi connectivity index (χ0) is 27.3. The molecule has 0 saturated heterocycles. The van der Waals surface area contributed by atoms with Crippen molar-refractivity contribution < 1.29 is 29.0 Å². The molecule has 5 aliphatic carbocycles. The van der Waals surface area contributed by atoms with E-state index in [1.165, 1.54) is 7.11 Å². The minimum Gasteiger partial charge on any atom is -0.478 e. The highest BCUT2D eigenvalue weighted by molar-refractivity contribution is 6.18. The van der Waals surface area contributed by atoms with Crippen molar-refractivity contribution in [3.8, 4) is 0 Å². The Bertz CT molecular complexity index is 1160. The summed E-state index contributed by atoms with van der Waals surface area (Å²) < 4.78 is 5.38. The lowest BCUT2D eigenvalue weighted by Gasteiger charge is -2.68. The van der Waals surface area contributed by atoms with Gasteiger partial charge in [-0.15, -0.1) is 0 Å². The number of esters is 1. The standard InChI is InChI=1S/C31H42O6/c1-17-19-8-9-29(5)22(28(19,4)15-18(24(17)33)25(34)35)14-21(32)23-20-16-27(2,3)10-12-31(20,26(36)37-7)13-11-30(23,29)6/h14-15,17,19-20,23H,8-13,16H2,1-7H3,(H,34,35)/t17-,19-,20?,23?,28-,29+,30+,31-/m0/s1. The van der Waals surface area contributed by atoms with Gasteiger partial charge in [-0.1, -0.05) is 53.2 Å². The van der Waals surface area contributed by atoms with E-state index < -0.39 is 22.7 Å². The van der Waals surface area contributed by atoms with Gasteiger partial charge in [-0.25, -0.2) is 4.79 Å². The van der Waals surface area contributed by atoms with Gasteiger partial charge in [-0.2, -0.15) is 0 Å². The Labute approximate surface area is 220 Å². The Morgan fingerprint density at radius 2 is 1.62 bits per heavy atom. The molecule has 8 atom stereocenters. The molecule has 0 aliphatic heterocycles. The number of Topliss-reactive ketones (excluding diaryl/α,β-unsaturated/α-hetero) is 1. The average Bonchev–Trinajstić information content (AvgIpc) is 2.82. The van der Waals surface area contributed by atoms with Crippen LogP contribution in [0, 0.1) is 50.7 Å². The zero-order valence-corrected chi connectivity index (χ0v) is 23.4. The van der Waals surface area contributed by atoms with Gasteiger partial charge in [0, 0.05) is 17.3 Å². The first-order valence-electron chi connectivity index (χ1n) is 13.9. The van der Waals surface area contributed by atoms with E-state index in [0.717, 1.165) is 44.1 Å². The van der Waals surface area contributed by atoms with Gasteiger partial charge in [0.15, 0.2) is 11.6 Å². The van der Waals surface area contributed by atoms with Crippen molar-refractivity contribution in [1.29, 1.82) is 0 Å². The quantitative estimate of drug-likeness (QED) is 0.386. The summed E-state index contributed by atoms with van der Waals surface area (Å²) in [7, 11) is 1.46. The van der Waals surface area contributed by atoms with Gasteiger partial charge in [0.25, 0.3) is 0 Å². The lowest BCUT2D eigenvalue weighted by molar-refractivity contribution is -0.190. The van der Waals surface area contributed by atoms with Gasteiger partial charge in [-0.3, -0.25) is 14.4 Å². The summed E-state index contributed by atoms with van der Waals surface area (Å²) in [6, 6.07) is 0. The van der Waals surface area contributed by atoms with Crippen molar-refractivity contribution in [2.24, 2.45) is 50.7 Å². The van der Waals surface area contributed by atoms with E-state index in [9.17, 15) is 24.3 Å². The molecule has 3 saturated carbocycles. The number of rotatable bonds is 2. The van der Waals surface area contributed by atoms with Gasteiger partial charge >= 0.3 is 11.9 Å². The van der Waals surface area contributed by atoms with E-state index in [2.05, 4.69) is 27.7 Å². The van der Waals surface area contributed by atoms with Crippen LogP contribution in [-0.4, -0.2) is 35.7 Å². The molecule has 5 aliphatic rings. The lowest BCUT2D eigenvalue weighted by atomic mass is 9.35. The van der Waals surface area contributed by atoms with Gasteiger partial charge in [-0.05, 0) is 79.1 Å². The fraction of sp³-hybridized carbons (Fsp3) is 0.742. The average molecular weight is 511 g/mol. The molecule has 5 rings (SSSR count). The van der Waals surface area contributed by atoms with Crippen LogP contribution in [0.5, 0.6) is 0 Å². The first-order valence-corrected chi connectivity index (χ1v) is 13.9. The monoisotopic (exact) mass is 510 g/mol. The fourth-order valence-electron chi connectivity index (χ4n) is 9.89. The molecule has 0 aromatic rings. The maximum Gasteiger partial charge on any atom is 0.339 e. The number of ether oxygens (including phenoxy) is 1. The summed E-state index contributed by atoms with van der Waals surface area (Å²) in [5, 5.41) is 9.84. The normalized spacial score (nSPS) is 46.4. The number of allylic oxidation sites excluding steroid dienone is 3. The SMILES string of the molecule is COC(=O)[C@]12CCC(C)(C)CC1C1C(=O)C=C3[C@@]4(C)C=C(C(=O)O)C(=O)[C@@H](C)[C@@H]4CC[C@@]3(C)[C@]1(C)CC2. The molecule has 2 unspecified atom stereocenters. The molecule has 6 heteroatoms. The third kappa shape index (κ3) is 3.22. The number of ketones is 2. The molecule has 0 radical (unpaired) electrons. The van der Waals surface area contributed by atoms with Crippen molar-refractivity contribution in [1.82, 2.24) is 0 Å². The molecule has 0 heterocycles. The van der Waals surface area contributed by atoms with Crippen LogP contribution in [0.3, 0.4) is 0 Å². The van der Waals surface area contributed by atoms with Crippen molar-refractivity contribution in [3.63, 3.8) is 0 Å². The number of fused-ring (bicyclic) bond motifs is 7. The predicted octanol–water partition coefficient (Wildman–Crippen LogP) is 5.55. The molecule has 3 fully saturated rings. The minimum atomic E-state index is -1.19. The van der Waals surface area contributed by atoms with Crippen LogP contribution in [0.15, 0.2) is 23.3 Å². The van der Waals surface area contributed by atoms with E-state index in [1.54, 1.807) is 6.08 Å². The van der Waals surface area contributed by atoms with Crippen LogP contribution in [0.25, 0.3) is 0 Å². The highest BCUT2D eigenvalue weighted by Gasteiger charge is 2.70. The third-order valence-corrected chi connectivity index (χ3v) is 12.2. The number of carbonyl (C=O) groups is 4. The lowest BCUT2D eigenvalue weighted by Crippen LogP contribution is -2.65. The van der Waals surface area contributed by atoms with Gasteiger partial charge in [0.2, 0.25) is 0 Å². The maximum absolute atomic E-state index is 14.3. The number of carbonyl (C=O) groups excluding carboxylic acids is 3. The van der Waals surface area contributed by atoms with E-state index in [1.807, 2.05) is 19.9 Å². The second-order valence-electron chi connectivity index (χ2n) is 14.3. The highest BCUT2D eigenvalue weighted by atomic mass is 16.5. The van der Waals surface area contributed by atoms with E-state index in [0.29, 0.717) is 6.42 Å². The fourth-order valence-corrected chi connectivity index (χ4v) is 9.89. The van der Waals surface area contributed by atoms with Gasteiger partial charge < -0.3 is 9.84 Å².